The SMILES string of the molecule is COC(=O)c1c(-c2ccccc2Cl)csc1NC(=O)CN(C)CC(=O)Nc1cccc(C)n1. The van der Waals surface area contributed by atoms with E-state index in [1.807, 2.05) is 19.1 Å². The van der Waals surface area contributed by atoms with Gasteiger partial charge in [0.15, 0.2) is 0 Å². The van der Waals surface area contributed by atoms with Crippen LogP contribution in [0.25, 0.3) is 11.1 Å². The molecule has 0 spiro atoms. The lowest BCUT2D eigenvalue weighted by Gasteiger charge is -2.16. The normalized spacial score (nSPS) is 10.7. The molecule has 0 unspecified atom stereocenters. The number of amides is 2. The Morgan fingerprint density at radius 1 is 1.03 bits per heavy atom. The van der Waals surface area contributed by atoms with Crippen LogP contribution in [0.15, 0.2) is 47.8 Å². The molecule has 0 fully saturated rings. The fourth-order valence-electron chi connectivity index (χ4n) is 3.14. The number of esters is 1. The first-order chi connectivity index (χ1) is 15.8. The number of halogens is 1. The van der Waals surface area contributed by atoms with Crippen molar-refractivity contribution in [2.24, 2.45) is 0 Å². The number of benzene rings is 1. The Labute approximate surface area is 200 Å². The number of nitrogens with one attached hydrogen (secondary N) is 2. The smallest absolute Gasteiger partial charge is 0.341 e. The molecule has 1 aromatic carbocycles. The van der Waals surface area contributed by atoms with Crippen LogP contribution in [0.2, 0.25) is 5.02 Å². The molecule has 0 aliphatic heterocycles. The van der Waals surface area contributed by atoms with Gasteiger partial charge in [-0.25, -0.2) is 9.78 Å². The van der Waals surface area contributed by atoms with Crippen molar-refractivity contribution in [1.82, 2.24) is 9.88 Å². The van der Waals surface area contributed by atoms with Gasteiger partial charge < -0.3 is 15.4 Å². The van der Waals surface area contributed by atoms with Crippen molar-refractivity contribution < 1.29 is 19.1 Å². The van der Waals surface area contributed by atoms with Crippen LogP contribution in [0.5, 0.6) is 0 Å². The number of methoxy groups -OCH3 is 1. The molecule has 0 atom stereocenters. The molecule has 0 saturated carbocycles. The van der Waals surface area contributed by atoms with Gasteiger partial charge in [-0.1, -0.05) is 35.9 Å². The largest absolute Gasteiger partial charge is 0.465 e. The highest BCUT2D eigenvalue weighted by Gasteiger charge is 2.24. The van der Waals surface area contributed by atoms with Gasteiger partial charge in [0.1, 0.15) is 16.4 Å². The van der Waals surface area contributed by atoms with Gasteiger partial charge in [0.2, 0.25) is 11.8 Å². The Balaban J connectivity index is 1.66. The maximum atomic E-state index is 12.6. The van der Waals surface area contributed by atoms with Crippen LogP contribution in [-0.4, -0.2) is 54.9 Å². The van der Waals surface area contributed by atoms with Crippen LogP contribution in [0.3, 0.4) is 0 Å². The average molecular weight is 487 g/mol. The van der Waals surface area contributed by atoms with Gasteiger partial charge >= 0.3 is 5.97 Å². The number of carbonyl (C=O) groups is 3. The van der Waals surface area contributed by atoms with Gasteiger partial charge in [-0.05, 0) is 32.2 Å². The van der Waals surface area contributed by atoms with E-state index in [4.69, 9.17) is 16.3 Å². The van der Waals surface area contributed by atoms with E-state index < -0.39 is 5.97 Å². The number of rotatable bonds is 8. The molecular formula is C23H23ClN4O4S. The standard InChI is InChI=1S/C23H23ClN4O4S/c1-14-7-6-10-18(25-14)26-19(29)11-28(2)12-20(30)27-22-21(23(31)32-3)16(13-33-22)15-8-4-5-9-17(15)24/h4-10,13H,11-12H2,1-3H3,(H,27,30)(H,25,26,29). The Morgan fingerprint density at radius 3 is 2.39 bits per heavy atom. The number of hydrogen-bond donors (Lipinski definition) is 2. The van der Waals surface area contributed by atoms with Crippen LogP contribution in [0, 0.1) is 6.92 Å². The second-order valence-electron chi connectivity index (χ2n) is 7.26. The van der Waals surface area contributed by atoms with Gasteiger partial charge in [0.25, 0.3) is 0 Å². The molecule has 3 aromatic rings. The average Bonchev–Trinajstić information content (AvgIpc) is 3.16. The van der Waals surface area contributed by atoms with E-state index >= 15 is 0 Å². The number of carbonyl (C=O) groups excluding carboxylic acids is 3. The van der Waals surface area contributed by atoms with Crippen molar-refractivity contribution in [3.63, 3.8) is 0 Å². The van der Waals surface area contributed by atoms with Gasteiger partial charge in [0.05, 0.1) is 20.2 Å². The zero-order valence-electron chi connectivity index (χ0n) is 18.3. The maximum Gasteiger partial charge on any atom is 0.341 e. The third kappa shape index (κ3) is 6.38. The molecule has 0 aliphatic rings. The minimum absolute atomic E-state index is 0.0117. The number of pyridine rings is 1. The minimum atomic E-state index is -0.583. The van der Waals surface area contributed by atoms with Crippen molar-refractivity contribution >= 4 is 51.5 Å². The van der Waals surface area contributed by atoms with Gasteiger partial charge in [0, 0.05) is 27.2 Å². The first-order valence-corrected chi connectivity index (χ1v) is 11.2. The summed E-state index contributed by atoms with van der Waals surface area (Å²) in [5.41, 5.74) is 2.25. The summed E-state index contributed by atoms with van der Waals surface area (Å²) < 4.78 is 4.92. The highest BCUT2D eigenvalue weighted by molar-refractivity contribution is 7.15. The van der Waals surface area contributed by atoms with Crippen molar-refractivity contribution in [3.05, 3.63) is 64.1 Å². The number of likely N-dealkylation sites (N-methyl/N-ethyl adjacent to an activating group) is 1. The fourth-order valence-corrected chi connectivity index (χ4v) is 4.34. The molecule has 2 heterocycles. The maximum absolute atomic E-state index is 12.6. The molecule has 2 N–H and O–H groups in total. The van der Waals surface area contributed by atoms with Crippen molar-refractivity contribution in [2.75, 3.05) is 37.9 Å². The lowest BCUT2D eigenvalue weighted by atomic mass is 10.0. The van der Waals surface area contributed by atoms with E-state index in [0.29, 0.717) is 27.0 Å². The second-order valence-corrected chi connectivity index (χ2v) is 8.54. The predicted molar refractivity (Wildman–Crippen MR) is 130 cm³/mol. The summed E-state index contributed by atoms with van der Waals surface area (Å²) in [6, 6.07) is 12.4. The highest BCUT2D eigenvalue weighted by atomic mass is 35.5. The monoisotopic (exact) mass is 486 g/mol. The number of thiophene rings is 1. The third-order valence-electron chi connectivity index (χ3n) is 4.58. The molecule has 33 heavy (non-hydrogen) atoms. The predicted octanol–water partition coefficient (Wildman–Crippen LogP) is 4.07. The first kappa shape index (κ1) is 24.4. The van der Waals surface area contributed by atoms with Crippen LogP contribution >= 0.6 is 22.9 Å². The van der Waals surface area contributed by atoms with E-state index in [0.717, 1.165) is 5.69 Å². The molecule has 0 saturated heterocycles. The van der Waals surface area contributed by atoms with E-state index in [-0.39, 0.29) is 30.5 Å². The molecule has 8 nitrogen and oxygen atoms in total. The number of anilines is 2. The van der Waals surface area contributed by atoms with E-state index in [1.165, 1.54) is 18.4 Å². The van der Waals surface area contributed by atoms with Gasteiger partial charge in [-0.15, -0.1) is 11.3 Å². The molecule has 3 rings (SSSR count). The molecule has 0 bridgehead atoms. The molecule has 0 aliphatic carbocycles. The van der Waals surface area contributed by atoms with Crippen molar-refractivity contribution in [1.29, 1.82) is 0 Å². The Bertz CT molecular complexity index is 1180. The Hall–Kier alpha value is -3.27. The quantitative estimate of drug-likeness (QED) is 0.465. The molecule has 0 radical (unpaired) electrons. The zero-order valence-corrected chi connectivity index (χ0v) is 19.9. The van der Waals surface area contributed by atoms with Crippen molar-refractivity contribution in [2.45, 2.75) is 6.92 Å². The van der Waals surface area contributed by atoms with Gasteiger partial charge in [-0.2, -0.15) is 0 Å². The van der Waals surface area contributed by atoms with Crippen LogP contribution in [-0.2, 0) is 14.3 Å². The molecule has 172 valence electrons. The molecular weight excluding hydrogens is 464 g/mol. The van der Waals surface area contributed by atoms with Crippen LogP contribution < -0.4 is 10.6 Å². The second kappa shape index (κ2) is 11.0. The van der Waals surface area contributed by atoms with E-state index in [2.05, 4.69) is 15.6 Å². The summed E-state index contributed by atoms with van der Waals surface area (Å²) in [6.45, 7) is 1.76. The first-order valence-electron chi connectivity index (χ1n) is 9.95. The minimum Gasteiger partial charge on any atom is -0.465 e. The van der Waals surface area contributed by atoms with E-state index in [1.54, 1.807) is 47.7 Å². The topological polar surface area (TPSA) is 101 Å². The summed E-state index contributed by atoms with van der Waals surface area (Å²) in [5, 5.41) is 8.02. The van der Waals surface area contributed by atoms with Crippen LogP contribution in [0.1, 0.15) is 16.1 Å². The number of nitrogens with zero attached hydrogens (tertiary/aromatic N) is 2. The molecule has 2 aromatic heterocycles. The zero-order chi connectivity index (χ0) is 24.0. The summed E-state index contributed by atoms with van der Waals surface area (Å²) in [4.78, 5) is 43.1. The molecule has 10 heteroatoms. The fraction of sp³-hybridized carbons (Fsp3) is 0.217. The van der Waals surface area contributed by atoms with Crippen molar-refractivity contribution in [3.8, 4) is 11.1 Å². The Morgan fingerprint density at radius 2 is 1.73 bits per heavy atom. The third-order valence-corrected chi connectivity index (χ3v) is 5.81. The van der Waals surface area contributed by atoms with E-state index in [9.17, 15) is 14.4 Å². The number of hydrogen-bond acceptors (Lipinski definition) is 7. The number of aromatic nitrogens is 1. The lowest BCUT2D eigenvalue weighted by molar-refractivity contribution is -0.119. The summed E-state index contributed by atoms with van der Waals surface area (Å²) in [5.74, 6) is -0.807. The van der Waals surface area contributed by atoms with Crippen LogP contribution in [0.4, 0.5) is 10.8 Å². The summed E-state index contributed by atoms with van der Waals surface area (Å²) >= 11 is 7.49. The number of aryl methyl sites for hydroxylation is 1. The van der Waals surface area contributed by atoms with Gasteiger partial charge in [-0.3, -0.25) is 14.5 Å². The highest BCUT2D eigenvalue weighted by Crippen LogP contribution is 2.39. The lowest BCUT2D eigenvalue weighted by Crippen LogP contribution is -2.36. The Kier molecular flexibility index (Phi) is 8.16. The molecule has 2 amide bonds. The summed E-state index contributed by atoms with van der Waals surface area (Å²) in [7, 11) is 2.92. The summed E-state index contributed by atoms with van der Waals surface area (Å²) in [6.07, 6.45) is 0. The number of ether oxygens (including phenoxy) is 1.